The van der Waals surface area contributed by atoms with E-state index in [0.29, 0.717) is 6.54 Å². The standard InChI is InChI=1S/C15H29NO/c1-3-13-6-7-14(10-13,11-16)15(17)8-4-12(2)5-9-15/h12-13,17H,3-11,16H2,1-2H3. The molecule has 2 saturated carbocycles. The van der Waals surface area contributed by atoms with Gasteiger partial charge >= 0.3 is 0 Å². The fourth-order valence-corrected chi connectivity index (χ4v) is 4.15. The lowest BCUT2D eigenvalue weighted by atomic mass is 9.62. The molecule has 3 N–H and O–H groups in total. The summed E-state index contributed by atoms with van der Waals surface area (Å²) in [7, 11) is 0. The van der Waals surface area contributed by atoms with Crippen LogP contribution in [0.4, 0.5) is 0 Å². The maximum absolute atomic E-state index is 11.1. The van der Waals surface area contributed by atoms with Crippen molar-refractivity contribution in [3.63, 3.8) is 0 Å². The fourth-order valence-electron chi connectivity index (χ4n) is 4.15. The predicted molar refractivity (Wildman–Crippen MR) is 71.7 cm³/mol. The van der Waals surface area contributed by atoms with Gasteiger partial charge in [-0.25, -0.2) is 0 Å². The molecule has 0 aromatic carbocycles. The van der Waals surface area contributed by atoms with E-state index in [1.54, 1.807) is 0 Å². The van der Waals surface area contributed by atoms with Crippen LogP contribution < -0.4 is 5.73 Å². The number of hydrogen-bond donors (Lipinski definition) is 2. The van der Waals surface area contributed by atoms with E-state index in [4.69, 9.17) is 5.73 Å². The minimum Gasteiger partial charge on any atom is -0.389 e. The Morgan fingerprint density at radius 1 is 1.18 bits per heavy atom. The lowest BCUT2D eigenvalue weighted by Crippen LogP contribution is -2.53. The molecule has 0 bridgehead atoms. The molecular formula is C15H29NO. The van der Waals surface area contributed by atoms with Crippen molar-refractivity contribution in [3.8, 4) is 0 Å². The van der Waals surface area contributed by atoms with E-state index in [2.05, 4.69) is 13.8 Å². The fraction of sp³-hybridized carbons (Fsp3) is 1.00. The summed E-state index contributed by atoms with van der Waals surface area (Å²) in [4.78, 5) is 0. The first-order chi connectivity index (χ1) is 8.05. The SMILES string of the molecule is CCC1CCC(CN)(C2(O)CCC(C)CC2)C1. The average Bonchev–Trinajstić information content (AvgIpc) is 2.78. The zero-order chi connectivity index (χ0) is 12.5. The summed E-state index contributed by atoms with van der Waals surface area (Å²) in [5, 5.41) is 11.1. The Hall–Kier alpha value is -0.0800. The van der Waals surface area contributed by atoms with E-state index in [-0.39, 0.29) is 5.41 Å². The van der Waals surface area contributed by atoms with E-state index >= 15 is 0 Å². The molecule has 100 valence electrons. The summed E-state index contributed by atoms with van der Waals surface area (Å²) in [5.74, 6) is 1.58. The van der Waals surface area contributed by atoms with Gasteiger partial charge in [0.15, 0.2) is 0 Å². The molecular weight excluding hydrogens is 210 g/mol. The minimum atomic E-state index is -0.460. The van der Waals surface area contributed by atoms with Crippen molar-refractivity contribution < 1.29 is 5.11 Å². The lowest BCUT2D eigenvalue weighted by Gasteiger charge is -2.48. The molecule has 2 fully saturated rings. The highest BCUT2D eigenvalue weighted by atomic mass is 16.3. The second-order valence-corrected chi connectivity index (χ2v) is 6.72. The van der Waals surface area contributed by atoms with Crippen molar-refractivity contribution in [3.05, 3.63) is 0 Å². The van der Waals surface area contributed by atoms with Gasteiger partial charge < -0.3 is 10.8 Å². The van der Waals surface area contributed by atoms with Crippen LogP contribution in [0, 0.1) is 17.3 Å². The molecule has 2 rings (SSSR count). The molecule has 0 amide bonds. The summed E-state index contributed by atoms with van der Waals surface area (Å²) >= 11 is 0. The monoisotopic (exact) mass is 239 g/mol. The molecule has 0 heterocycles. The van der Waals surface area contributed by atoms with Crippen molar-refractivity contribution in [1.29, 1.82) is 0 Å². The highest BCUT2D eigenvalue weighted by Crippen LogP contribution is 2.54. The normalized spacial score (nSPS) is 47.3. The minimum absolute atomic E-state index is 0.0355. The van der Waals surface area contributed by atoms with E-state index in [9.17, 15) is 5.11 Å². The van der Waals surface area contributed by atoms with Gasteiger partial charge in [-0.05, 0) is 56.8 Å². The molecule has 0 radical (unpaired) electrons. The van der Waals surface area contributed by atoms with Gasteiger partial charge in [0.2, 0.25) is 0 Å². The molecule has 2 aliphatic rings. The van der Waals surface area contributed by atoms with Gasteiger partial charge in [0.1, 0.15) is 0 Å². The van der Waals surface area contributed by atoms with E-state index in [1.807, 2.05) is 0 Å². The third-order valence-electron chi connectivity index (χ3n) is 5.77. The van der Waals surface area contributed by atoms with Crippen LogP contribution in [0.1, 0.15) is 65.2 Å². The highest BCUT2D eigenvalue weighted by Gasteiger charge is 2.53. The van der Waals surface area contributed by atoms with E-state index < -0.39 is 5.60 Å². The first kappa shape index (κ1) is 13.4. The van der Waals surface area contributed by atoms with Crippen LogP contribution in [-0.4, -0.2) is 17.3 Å². The summed E-state index contributed by atoms with van der Waals surface area (Å²) in [6, 6.07) is 0. The van der Waals surface area contributed by atoms with Crippen molar-refractivity contribution in [1.82, 2.24) is 0 Å². The first-order valence-electron chi connectivity index (χ1n) is 7.48. The Labute approximate surface area is 106 Å². The van der Waals surface area contributed by atoms with Crippen molar-refractivity contribution in [2.75, 3.05) is 6.54 Å². The van der Waals surface area contributed by atoms with Gasteiger partial charge in [0.05, 0.1) is 5.60 Å². The quantitative estimate of drug-likeness (QED) is 0.795. The zero-order valence-corrected chi connectivity index (χ0v) is 11.5. The number of aliphatic hydroxyl groups is 1. The molecule has 2 heteroatoms. The van der Waals surface area contributed by atoms with Crippen LogP contribution in [0.15, 0.2) is 0 Å². The van der Waals surface area contributed by atoms with Crippen LogP contribution in [0.3, 0.4) is 0 Å². The van der Waals surface area contributed by atoms with Gasteiger partial charge in [0.25, 0.3) is 0 Å². The van der Waals surface area contributed by atoms with Gasteiger partial charge in [-0.1, -0.05) is 20.3 Å². The van der Waals surface area contributed by atoms with Gasteiger partial charge in [-0.15, -0.1) is 0 Å². The maximum atomic E-state index is 11.1. The molecule has 2 atom stereocenters. The number of hydrogen-bond acceptors (Lipinski definition) is 2. The second kappa shape index (κ2) is 4.89. The molecule has 2 nitrogen and oxygen atoms in total. The van der Waals surface area contributed by atoms with Crippen LogP contribution in [0.2, 0.25) is 0 Å². The molecule has 0 aromatic heterocycles. The topological polar surface area (TPSA) is 46.2 Å². The van der Waals surface area contributed by atoms with Crippen molar-refractivity contribution in [2.24, 2.45) is 23.0 Å². The average molecular weight is 239 g/mol. The summed E-state index contributed by atoms with van der Waals surface area (Å²) in [5.41, 5.74) is 5.65. The van der Waals surface area contributed by atoms with E-state index in [1.165, 1.54) is 25.7 Å². The Morgan fingerprint density at radius 3 is 2.29 bits per heavy atom. The number of rotatable bonds is 3. The molecule has 2 aliphatic carbocycles. The summed E-state index contributed by atoms with van der Waals surface area (Å²) in [6.45, 7) is 5.25. The smallest absolute Gasteiger partial charge is 0.0716 e. The summed E-state index contributed by atoms with van der Waals surface area (Å²) in [6.07, 6.45) is 9.12. The van der Waals surface area contributed by atoms with Crippen LogP contribution in [0.5, 0.6) is 0 Å². The van der Waals surface area contributed by atoms with Gasteiger partial charge in [0, 0.05) is 12.0 Å². The molecule has 0 aromatic rings. The molecule has 0 aliphatic heterocycles. The van der Waals surface area contributed by atoms with Crippen molar-refractivity contribution in [2.45, 2.75) is 70.8 Å². The maximum Gasteiger partial charge on any atom is 0.0716 e. The Bertz CT molecular complexity index is 258. The third kappa shape index (κ3) is 2.26. The molecule has 17 heavy (non-hydrogen) atoms. The predicted octanol–water partition coefficient (Wildman–Crippen LogP) is 3.08. The molecule has 0 saturated heterocycles. The van der Waals surface area contributed by atoms with E-state index in [0.717, 1.165) is 37.5 Å². The zero-order valence-electron chi connectivity index (χ0n) is 11.5. The second-order valence-electron chi connectivity index (χ2n) is 6.72. The Balaban J connectivity index is 2.12. The summed E-state index contributed by atoms with van der Waals surface area (Å²) < 4.78 is 0. The van der Waals surface area contributed by atoms with Crippen LogP contribution >= 0.6 is 0 Å². The lowest BCUT2D eigenvalue weighted by molar-refractivity contribution is -0.111. The van der Waals surface area contributed by atoms with Crippen LogP contribution in [0.25, 0.3) is 0 Å². The van der Waals surface area contributed by atoms with Gasteiger partial charge in [-0.2, -0.15) is 0 Å². The van der Waals surface area contributed by atoms with Crippen LogP contribution in [-0.2, 0) is 0 Å². The first-order valence-corrected chi connectivity index (χ1v) is 7.48. The Morgan fingerprint density at radius 2 is 1.82 bits per heavy atom. The highest BCUT2D eigenvalue weighted by molar-refractivity contribution is 5.05. The largest absolute Gasteiger partial charge is 0.389 e. The third-order valence-corrected chi connectivity index (χ3v) is 5.77. The molecule has 0 spiro atoms. The number of nitrogens with two attached hydrogens (primary N) is 1. The molecule has 2 unspecified atom stereocenters. The Kier molecular flexibility index (Phi) is 3.84. The van der Waals surface area contributed by atoms with Crippen molar-refractivity contribution >= 4 is 0 Å². The van der Waals surface area contributed by atoms with Gasteiger partial charge in [-0.3, -0.25) is 0 Å².